The first-order valence-electron chi connectivity index (χ1n) is 3.75. The third-order valence-corrected chi connectivity index (χ3v) is 1.77. The second-order valence-corrected chi connectivity index (χ2v) is 4.30. The maximum Gasteiger partial charge on any atom is 0.330 e. The molecule has 0 aliphatic rings. The summed E-state index contributed by atoms with van der Waals surface area (Å²) in [6.45, 7) is 1.68. The molecule has 1 heterocycles. The molecule has 1 unspecified atom stereocenters. The molecule has 0 radical (unpaired) electrons. The fraction of sp³-hybridized carbons (Fsp3) is 0.429. The summed E-state index contributed by atoms with van der Waals surface area (Å²) in [6, 6.07) is 0. The van der Waals surface area contributed by atoms with Crippen molar-refractivity contribution in [2.75, 3.05) is 0 Å². The molecule has 1 aromatic heterocycles. The van der Waals surface area contributed by atoms with Gasteiger partial charge in [0.1, 0.15) is 10.8 Å². The van der Waals surface area contributed by atoms with Gasteiger partial charge < -0.3 is 4.74 Å². The van der Waals surface area contributed by atoms with Crippen LogP contribution in [0.4, 0.5) is 4.39 Å². The Kier molecular flexibility index (Phi) is 3.81. The van der Waals surface area contributed by atoms with Gasteiger partial charge >= 0.3 is 5.69 Å². The summed E-state index contributed by atoms with van der Waals surface area (Å²) in [5, 5.41) is 0. The summed E-state index contributed by atoms with van der Waals surface area (Å²) < 4.78 is 18.6. The molecule has 1 aromatic rings. The van der Waals surface area contributed by atoms with E-state index in [0.717, 1.165) is 10.8 Å². The molecule has 0 amide bonds. The van der Waals surface area contributed by atoms with E-state index in [0.29, 0.717) is 0 Å². The van der Waals surface area contributed by atoms with Gasteiger partial charge in [0.15, 0.2) is 0 Å². The van der Waals surface area contributed by atoms with Gasteiger partial charge in [0.2, 0.25) is 5.82 Å². The fourth-order valence-corrected chi connectivity index (χ4v) is 0.922. The number of aromatic amines is 1. The zero-order chi connectivity index (χ0) is 10.7. The number of alkyl halides is 1. The summed E-state index contributed by atoms with van der Waals surface area (Å²) in [5.74, 6) is -1.01. The largest absolute Gasteiger partial charge is 0.347 e. The molecule has 0 fully saturated rings. The second kappa shape index (κ2) is 4.69. The van der Waals surface area contributed by atoms with Crippen LogP contribution in [0.5, 0.6) is 0 Å². The van der Waals surface area contributed by atoms with Crippen LogP contribution < -0.4 is 11.2 Å². The van der Waals surface area contributed by atoms with Gasteiger partial charge in [-0.2, -0.15) is 4.39 Å². The highest BCUT2D eigenvalue weighted by molar-refractivity contribution is 14.1. The second-order valence-electron chi connectivity index (χ2n) is 2.54. The summed E-state index contributed by atoms with van der Waals surface area (Å²) >= 11 is 1.99. The predicted molar refractivity (Wildman–Crippen MR) is 55.8 cm³/mol. The zero-order valence-electron chi connectivity index (χ0n) is 7.29. The highest BCUT2D eigenvalue weighted by Crippen LogP contribution is 2.00. The van der Waals surface area contributed by atoms with Crippen molar-refractivity contribution in [3.63, 3.8) is 0 Å². The zero-order valence-corrected chi connectivity index (χ0v) is 9.45. The lowest BCUT2D eigenvalue weighted by molar-refractivity contribution is 0.0722. The Hall–Kier alpha value is -0.700. The molecule has 0 aliphatic heterocycles. The van der Waals surface area contributed by atoms with E-state index in [-0.39, 0.29) is 10.8 Å². The minimum absolute atomic E-state index is 0.0867. The third kappa shape index (κ3) is 2.91. The molecule has 0 aliphatic carbocycles. The van der Waals surface area contributed by atoms with Crippen LogP contribution in [0.3, 0.4) is 0 Å². The molecule has 1 atom stereocenters. The summed E-state index contributed by atoms with van der Waals surface area (Å²) in [7, 11) is 0. The van der Waals surface area contributed by atoms with Gasteiger partial charge in [-0.1, -0.05) is 22.6 Å². The number of halogens is 2. The summed E-state index contributed by atoms with van der Waals surface area (Å²) in [6.07, 6.45) is 0.820. The lowest BCUT2D eigenvalue weighted by Crippen LogP contribution is -2.32. The SMILES string of the molecule is CC(I)OCn1cc(F)c(=O)[nH]c1=O. The van der Waals surface area contributed by atoms with Gasteiger partial charge in [0.25, 0.3) is 5.56 Å². The monoisotopic (exact) mass is 314 g/mol. The third-order valence-electron chi connectivity index (χ3n) is 1.41. The molecule has 0 spiro atoms. The van der Waals surface area contributed by atoms with Crippen LogP contribution in [0, 0.1) is 5.82 Å². The number of hydrogen-bond acceptors (Lipinski definition) is 3. The van der Waals surface area contributed by atoms with E-state index in [2.05, 4.69) is 0 Å². The predicted octanol–water partition coefficient (Wildman–Crippen LogP) is 0.431. The van der Waals surface area contributed by atoms with E-state index < -0.39 is 17.1 Å². The highest BCUT2D eigenvalue weighted by Gasteiger charge is 2.04. The van der Waals surface area contributed by atoms with Crippen molar-refractivity contribution >= 4 is 22.6 Å². The van der Waals surface area contributed by atoms with E-state index in [1.165, 1.54) is 0 Å². The normalized spacial score (nSPS) is 12.8. The van der Waals surface area contributed by atoms with Crippen molar-refractivity contribution in [1.29, 1.82) is 0 Å². The molecule has 0 saturated heterocycles. The van der Waals surface area contributed by atoms with E-state index in [4.69, 9.17) is 4.74 Å². The summed E-state index contributed by atoms with van der Waals surface area (Å²) in [5.41, 5.74) is -1.71. The van der Waals surface area contributed by atoms with Crippen molar-refractivity contribution in [3.05, 3.63) is 32.9 Å². The van der Waals surface area contributed by atoms with Crippen molar-refractivity contribution in [1.82, 2.24) is 9.55 Å². The standard InChI is InChI=1S/C7H8FIN2O3/c1-4(9)14-3-11-2-5(8)6(12)10-7(11)13/h2,4H,3H2,1H3,(H,10,12,13). The number of hydrogen-bond donors (Lipinski definition) is 1. The van der Waals surface area contributed by atoms with Gasteiger partial charge in [-0.05, 0) is 6.92 Å². The van der Waals surface area contributed by atoms with E-state index in [1.54, 1.807) is 6.92 Å². The Labute approximate surface area is 92.0 Å². The van der Waals surface area contributed by atoms with Crippen LogP contribution in [-0.2, 0) is 11.5 Å². The van der Waals surface area contributed by atoms with Gasteiger partial charge in [-0.25, -0.2) is 4.79 Å². The molecular formula is C7H8FIN2O3. The fourth-order valence-electron chi connectivity index (χ4n) is 0.762. The number of ether oxygens (including phenoxy) is 1. The first-order chi connectivity index (χ1) is 6.50. The van der Waals surface area contributed by atoms with Crippen molar-refractivity contribution in [2.45, 2.75) is 17.8 Å². The first kappa shape index (κ1) is 11.4. The molecule has 0 bridgehead atoms. The molecule has 1 N–H and O–H groups in total. The molecule has 0 aromatic carbocycles. The lowest BCUT2D eigenvalue weighted by Gasteiger charge is -2.07. The first-order valence-corrected chi connectivity index (χ1v) is 5.00. The van der Waals surface area contributed by atoms with E-state index >= 15 is 0 Å². The summed E-state index contributed by atoms with van der Waals surface area (Å²) in [4.78, 5) is 23.5. The Bertz CT molecular complexity index is 426. The van der Waals surface area contributed by atoms with E-state index in [9.17, 15) is 14.0 Å². The van der Waals surface area contributed by atoms with Crippen LogP contribution in [0.1, 0.15) is 6.92 Å². The smallest absolute Gasteiger partial charge is 0.330 e. The number of H-pyrrole nitrogens is 1. The molecular weight excluding hydrogens is 306 g/mol. The van der Waals surface area contributed by atoms with Gasteiger partial charge in [-0.15, -0.1) is 0 Å². The molecule has 5 nitrogen and oxygen atoms in total. The Balaban J connectivity index is 2.93. The molecule has 78 valence electrons. The van der Waals surface area contributed by atoms with Gasteiger partial charge in [-0.3, -0.25) is 14.3 Å². The average molecular weight is 314 g/mol. The number of nitrogens with zero attached hydrogens (tertiary/aromatic N) is 1. The van der Waals surface area contributed by atoms with Crippen LogP contribution in [0.2, 0.25) is 0 Å². The van der Waals surface area contributed by atoms with E-state index in [1.807, 2.05) is 27.6 Å². The average Bonchev–Trinajstić information content (AvgIpc) is 2.09. The van der Waals surface area contributed by atoms with Crippen LogP contribution in [0.15, 0.2) is 15.8 Å². The van der Waals surface area contributed by atoms with Crippen molar-refractivity contribution in [2.24, 2.45) is 0 Å². The van der Waals surface area contributed by atoms with Gasteiger partial charge in [0, 0.05) is 0 Å². The minimum atomic E-state index is -1.02. The minimum Gasteiger partial charge on any atom is -0.347 e. The van der Waals surface area contributed by atoms with Gasteiger partial charge in [0.05, 0.1) is 6.20 Å². The van der Waals surface area contributed by atoms with Crippen LogP contribution in [0.25, 0.3) is 0 Å². The quantitative estimate of drug-likeness (QED) is 0.650. The van der Waals surface area contributed by atoms with Crippen molar-refractivity contribution < 1.29 is 9.13 Å². The highest BCUT2D eigenvalue weighted by atomic mass is 127. The number of rotatable bonds is 3. The van der Waals surface area contributed by atoms with Crippen molar-refractivity contribution in [3.8, 4) is 0 Å². The number of aromatic nitrogens is 2. The molecule has 0 saturated carbocycles. The maximum absolute atomic E-state index is 12.7. The number of nitrogens with one attached hydrogen (secondary N) is 1. The van der Waals surface area contributed by atoms with Crippen LogP contribution in [-0.4, -0.2) is 13.7 Å². The molecule has 14 heavy (non-hydrogen) atoms. The Morgan fingerprint density at radius 3 is 2.93 bits per heavy atom. The Morgan fingerprint density at radius 1 is 1.71 bits per heavy atom. The van der Waals surface area contributed by atoms with Crippen LogP contribution >= 0.6 is 22.6 Å². The molecule has 1 rings (SSSR count). The molecule has 7 heteroatoms. The Morgan fingerprint density at radius 2 is 2.36 bits per heavy atom. The topological polar surface area (TPSA) is 64.1 Å². The maximum atomic E-state index is 12.7. The lowest BCUT2D eigenvalue weighted by atomic mass is 10.6.